The molecule has 2 aromatic carbocycles. The molecule has 0 radical (unpaired) electrons. The molecule has 3 heterocycles. The standard InChI is InChI=1S/C23H30N4O2.C19H21N3O3.5HI.2V/c1-2-3-14-29-23-25-20-18(10-11-19(20)22(24)26-23)21(28)17-8-6-16(7-9-17)15-27-12-4-5-13-27;1-2-3-10-25-19-21-16-14(8-9-15(16)18(20)22-19)17(24)13-6-4-12(11-23)5-7-13;;;;;;;/h6-10,21,28H,2-5,11-15H2,1H3,(H2,24,25,26);4-8,11,17,24H,2-3,9-10H2,1H3,(H2,20,21,22);5*1H;;/q;;;;;;;+2;+3/p-5. The molecule has 19 heteroatoms. The number of allylic oxidation sites excluding steroid dienone is 2. The second-order valence-electron chi connectivity index (χ2n) is 14.1. The van der Waals surface area contributed by atoms with Gasteiger partial charge in [0.25, 0.3) is 0 Å². The van der Waals surface area contributed by atoms with Gasteiger partial charge in [-0.1, -0.05) is 87.4 Å². The van der Waals surface area contributed by atoms with Crippen molar-refractivity contribution >= 4 is 129 Å². The number of carbonyl (C=O) groups is 1. The third-order valence-electron chi connectivity index (χ3n) is 9.97. The molecule has 1 saturated heterocycles. The molecular weight excluding hydrogens is 1420 g/mol. The van der Waals surface area contributed by atoms with Crippen LogP contribution in [-0.4, -0.2) is 67.6 Å². The Bertz CT molecular complexity index is 2060. The first-order valence-electron chi connectivity index (χ1n) is 19.9. The van der Waals surface area contributed by atoms with Crippen LogP contribution in [-0.2, 0) is 33.8 Å². The van der Waals surface area contributed by atoms with Crippen LogP contribution in [0.5, 0.6) is 12.0 Å². The molecule has 7 rings (SSSR count). The van der Waals surface area contributed by atoms with Crippen LogP contribution in [0.3, 0.4) is 0 Å². The quantitative estimate of drug-likeness (QED) is 0.0503. The van der Waals surface area contributed by atoms with E-state index >= 15 is 0 Å². The molecule has 6 N–H and O–H groups in total. The maximum absolute atomic E-state index is 11.0. The van der Waals surface area contributed by atoms with E-state index in [1.807, 2.05) is 24.3 Å². The number of anilines is 2. The van der Waals surface area contributed by atoms with Gasteiger partial charge in [-0.25, -0.2) is 0 Å². The van der Waals surface area contributed by atoms with Crippen LogP contribution >= 0.6 is 99.9 Å². The van der Waals surface area contributed by atoms with Crippen molar-refractivity contribution in [2.24, 2.45) is 0 Å². The Morgan fingerprint density at radius 1 is 0.754 bits per heavy atom. The van der Waals surface area contributed by atoms with Crippen LogP contribution in [0.2, 0.25) is 0 Å². The minimum atomic E-state index is -0.847. The van der Waals surface area contributed by atoms with Crippen molar-refractivity contribution in [1.29, 1.82) is 0 Å². The van der Waals surface area contributed by atoms with Crippen molar-refractivity contribution in [2.75, 3.05) is 37.8 Å². The van der Waals surface area contributed by atoms with Gasteiger partial charge in [0.2, 0.25) is 0 Å². The number of nitrogens with zero attached hydrogens (tertiary/aromatic N) is 5. The summed E-state index contributed by atoms with van der Waals surface area (Å²) in [6.45, 7) is 8.61. The molecule has 12 nitrogen and oxygen atoms in total. The fourth-order valence-corrected chi connectivity index (χ4v) is 6.80. The Morgan fingerprint density at radius 2 is 1.16 bits per heavy atom. The van der Waals surface area contributed by atoms with Crippen molar-refractivity contribution in [1.82, 2.24) is 24.8 Å². The van der Waals surface area contributed by atoms with E-state index in [-0.39, 0.29) is 16.9 Å². The fraction of sp³-hybridized carbons (Fsp3) is 0.405. The molecule has 3 aliphatic rings. The topological polar surface area (TPSA) is 183 Å². The van der Waals surface area contributed by atoms with Gasteiger partial charge >= 0.3 is 126 Å². The van der Waals surface area contributed by atoms with Gasteiger partial charge in [-0.2, -0.15) is 19.9 Å². The van der Waals surface area contributed by atoms with Crippen molar-refractivity contribution in [3.05, 3.63) is 105 Å². The van der Waals surface area contributed by atoms with Crippen LogP contribution in [0.15, 0.2) is 60.7 Å². The van der Waals surface area contributed by atoms with E-state index in [1.165, 1.54) is 31.5 Å². The number of fused-ring (bicyclic) bond motifs is 2. The predicted octanol–water partition coefficient (Wildman–Crippen LogP) is 10.7. The number of hydrogen-bond donors (Lipinski definition) is 4. The number of aliphatic hydroxyl groups excluding tert-OH is 2. The SMILES string of the molecule is CCCCOc1nc(N)c2c(n1)C(C(O)c1ccc(C=O)cc1)=CC2.CCCCOc1nc(N)c2c(n1)C(C(O)c1ccc(CN3CCCC3)cc1)=CC2.[I][V]([I])[I].[I][V][I]. The van der Waals surface area contributed by atoms with Crippen LogP contribution < -0.4 is 20.9 Å². The number of unbranched alkanes of at least 4 members (excludes halogenated alkanes) is 2. The van der Waals surface area contributed by atoms with Crippen LogP contribution in [0.4, 0.5) is 11.6 Å². The molecule has 61 heavy (non-hydrogen) atoms. The number of halogens is 5. The summed E-state index contributed by atoms with van der Waals surface area (Å²) < 4.78 is 11.2. The first-order chi connectivity index (χ1) is 29.4. The molecule has 329 valence electrons. The molecule has 2 atom stereocenters. The summed E-state index contributed by atoms with van der Waals surface area (Å²) in [7, 11) is 0.628. The van der Waals surface area contributed by atoms with Crippen molar-refractivity contribution in [3.63, 3.8) is 0 Å². The third-order valence-corrected chi connectivity index (χ3v) is 9.97. The average Bonchev–Trinajstić information content (AvgIpc) is 4.03. The molecule has 0 spiro atoms. The summed E-state index contributed by atoms with van der Waals surface area (Å²) in [6.07, 6.45) is 10.8. The molecule has 2 aliphatic carbocycles. The normalized spacial score (nSPS) is 14.7. The van der Waals surface area contributed by atoms with E-state index < -0.39 is 12.2 Å². The number of aromatic nitrogens is 4. The summed E-state index contributed by atoms with van der Waals surface area (Å²) >= 11 is 12.1. The molecule has 0 saturated carbocycles. The number of hydrogen-bond acceptors (Lipinski definition) is 12. The van der Waals surface area contributed by atoms with Crippen LogP contribution in [0.1, 0.15) is 114 Å². The van der Waals surface area contributed by atoms with E-state index in [0.29, 0.717) is 75.2 Å². The first kappa shape index (κ1) is 53.3. The average molecular weight is 1470 g/mol. The monoisotopic (exact) mass is 1470 g/mol. The Kier molecular flexibility index (Phi) is 25.0. The fourth-order valence-electron chi connectivity index (χ4n) is 6.80. The minimum absolute atomic E-state index is 0.237. The van der Waals surface area contributed by atoms with Crippen molar-refractivity contribution in [3.8, 4) is 12.0 Å². The second-order valence-corrected chi connectivity index (χ2v) is 61.3. The van der Waals surface area contributed by atoms with Gasteiger partial charge in [0.05, 0.1) is 24.6 Å². The molecule has 0 amide bonds. The van der Waals surface area contributed by atoms with E-state index in [2.05, 4.69) is 151 Å². The zero-order chi connectivity index (χ0) is 44.3. The van der Waals surface area contributed by atoms with Gasteiger partial charge in [-0.05, 0) is 68.3 Å². The Balaban J connectivity index is 0.000000235. The van der Waals surface area contributed by atoms with Gasteiger partial charge in [-0.15, -0.1) is 0 Å². The van der Waals surface area contributed by atoms with Crippen LogP contribution in [0, 0.1) is 0 Å². The summed E-state index contributed by atoms with van der Waals surface area (Å²) in [5.74, 6) is 0.812. The number of rotatable bonds is 15. The first-order valence-corrected chi connectivity index (χ1v) is 42.4. The molecular formula is C42H51I5N7O5V2. The molecule has 2 unspecified atom stereocenters. The second kappa shape index (κ2) is 28.6. The molecule has 1 fully saturated rings. The number of ether oxygens (including phenoxy) is 2. The number of nitrogen functional groups attached to an aromatic ring is 2. The third kappa shape index (κ3) is 16.8. The van der Waals surface area contributed by atoms with Gasteiger partial charge in [0.15, 0.2) is 0 Å². The van der Waals surface area contributed by atoms with Crippen molar-refractivity contribution in [2.45, 2.75) is 84.0 Å². The van der Waals surface area contributed by atoms with Gasteiger partial charge < -0.3 is 31.2 Å². The number of likely N-dealkylation sites (tertiary alicyclic amines) is 1. The van der Waals surface area contributed by atoms with E-state index in [0.717, 1.165) is 60.8 Å². The summed E-state index contributed by atoms with van der Waals surface area (Å²) in [5.41, 5.74) is 20.0. The summed E-state index contributed by atoms with van der Waals surface area (Å²) in [6, 6.07) is 15.6. The van der Waals surface area contributed by atoms with Crippen molar-refractivity contribution < 1.29 is 38.9 Å². The van der Waals surface area contributed by atoms with Gasteiger partial charge in [0, 0.05) is 34.4 Å². The molecule has 2 aromatic heterocycles. The number of aldehydes is 1. The van der Waals surface area contributed by atoms with Crippen LogP contribution in [0.25, 0.3) is 11.1 Å². The van der Waals surface area contributed by atoms with Gasteiger partial charge in [0.1, 0.15) is 30.1 Å². The molecule has 4 aromatic rings. The zero-order valence-corrected chi connectivity index (χ0v) is 47.6. The molecule has 0 bridgehead atoms. The summed E-state index contributed by atoms with van der Waals surface area (Å²) in [5, 5.41) is 21.7. The summed E-state index contributed by atoms with van der Waals surface area (Å²) in [4.78, 5) is 30.4. The zero-order valence-electron chi connectivity index (χ0n) is 34.0. The van der Waals surface area contributed by atoms with E-state index in [4.69, 9.17) is 20.9 Å². The number of benzene rings is 2. The Morgan fingerprint density at radius 3 is 1.56 bits per heavy atom. The number of aliphatic hydroxyl groups is 2. The predicted molar refractivity (Wildman–Crippen MR) is 280 cm³/mol. The number of nitrogens with two attached hydrogens (primary N) is 2. The Labute approximate surface area is 426 Å². The molecule has 1 aliphatic heterocycles. The van der Waals surface area contributed by atoms with Gasteiger partial charge in [-0.3, -0.25) is 9.69 Å². The number of carbonyl (C=O) groups excluding carboxylic acids is 1. The maximum atomic E-state index is 11.0. The van der Waals surface area contributed by atoms with E-state index in [9.17, 15) is 15.0 Å². The van der Waals surface area contributed by atoms with E-state index in [1.54, 1.807) is 24.3 Å². The Hall–Kier alpha value is -0.351.